The third-order valence-electron chi connectivity index (χ3n) is 3.13. The predicted octanol–water partition coefficient (Wildman–Crippen LogP) is 1.92. The second-order valence-corrected chi connectivity index (χ2v) is 5.01. The largest absolute Gasteiger partial charge is 0.463 e. The maximum atomic E-state index is 5.54. The molecule has 0 aromatic heterocycles. The van der Waals surface area contributed by atoms with Gasteiger partial charge in [-0.05, 0) is 32.9 Å². The molecule has 1 aromatic rings. The van der Waals surface area contributed by atoms with E-state index in [1.165, 1.54) is 11.3 Å². The highest BCUT2D eigenvalue weighted by atomic mass is 16.5. The molecule has 0 aliphatic carbocycles. The molecule has 2 rings (SSSR count). The van der Waals surface area contributed by atoms with Crippen LogP contribution in [0.2, 0.25) is 0 Å². The Balaban J connectivity index is 2.11. The Morgan fingerprint density at radius 2 is 2.06 bits per heavy atom. The fourth-order valence-electron chi connectivity index (χ4n) is 2.11. The molecule has 18 heavy (non-hydrogen) atoms. The lowest BCUT2D eigenvalue weighted by molar-refractivity contribution is 0.312. The fourth-order valence-corrected chi connectivity index (χ4v) is 2.11. The summed E-state index contributed by atoms with van der Waals surface area (Å²) < 4.78 is 5.20. The van der Waals surface area contributed by atoms with Crippen molar-refractivity contribution in [2.24, 2.45) is 10.7 Å². The fraction of sp³-hybridized carbons (Fsp3) is 0.500. The van der Waals surface area contributed by atoms with Crippen molar-refractivity contribution in [1.29, 1.82) is 0 Å². The molecule has 0 spiro atoms. The highest BCUT2D eigenvalue weighted by molar-refractivity contribution is 5.73. The minimum absolute atomic E-state index is 0.133. The minimum atomic E-state index is 0.133. The van der Waals surface area contributed by atoms with Crippen molar-refractivity contribution in [2.45, 2.75) is 32.9 Å². The van der Waals surface area contributed by atoms with E-state index in [0.717, 1.165) is 6.54 Å². The zero-order valence-electron chi connectivity index (χ0n) is 11.3. The van der Waals surface area contributed by atoms with Gasteiger partial charge in [-0.3, -0.25) is 0 Å². The van der Waals surface area contributed by atoms with Crippen molar-refractivity contribution >= 4 is 11.7 Å². The molecule has 0 fully saturated rings. The van der Waals surface area contributed by atoms with Crippen LogP contribution in [-0.4, -0.2) is 31.3 Å². The second kappa shape index (κ2) is 5.29. The van der Waals surface area contributed by atoms with Gasteiger partial charge in [-0.25, -0.2) is 4.99 Å². The van der Waals surface area contributed by atoms with E-state index < -0.39 is 0 Å². The smallest absolute Gasteiger partial charge is 0.282 e. The van der Waals surface area contributed by atoms with Gasteiger partial charge in [0.1, 0.15) is 12.6 Å². The van der Waals surface area contributed by atoms with Gasteiger partial charge in [0.15, 0.2) is 0 Å². The third kappa shape index (κ3) is 2.94. The van der Waals surface area contributed by atoms with E-state index in [2.05, 4.69) is 54.9 Å². The Bertz CT molecular complexity index is 425. The van der Waals surface area contributed by atoms with Crippen LogP contribution in [0.5, 0.6) is 0 Å². The summed E-state index contributed by atoms with van der Waals surface area (Å²) in [6, 6.07) is 9.43. The zero-order valence-corrected chi connectivity index (χ0v) is 11.3. The summed E-state index contributed by atoms with van der Waals surface area (Å²) in [5.74, 6) is 0. The van der Waals surface area contributed by atoms with Gasteiger partial charge >= 0.3 is 0 Å². The van der Waals surface area contributed by atoms with E-state index >= 15 is 0 Å². The van der Waals surface area contributed by atoms with Gasteiger partial charge in [0.25, 0.3) is 6.02 Å². The average molecular weight is 247 g/mol. The van der Waals surface area contributed by atoms with Crippen LogP contribution in [0.4, 0.5) is 5.69 Å². The number of benzene rings is 1. The normalized spacial score (nSPS) is 18.7. The zero-order chi connectivity index (χ0) is 13.1. The number of aryl methyl sites for hydroxylation is 1. The molecule has 4 heteroatoms. The summed E-state index contributed by atoms with van der Waals surface area (Å²) in [5, 5.41) is 0. The molecule has 2 N–H and O–H groups in total. The molecule has 0 unspecified atom stereocenters. The first-order valence-electron chi connectivity index (χ1n) is 6.35. The Labute approximate surface area is 108 Å². The molecule has 0 amide bonds. The molecule has 1 aliphatic rings. The molecule has 0 saturated carbocycles. The number of hydrogen-bond acceptors (Lipinski definition) is 4. The Morgan fingerprint density at radius 3 is 2.56 bits per heavy atom. The minimum Gasteiger partial charge on any atom is -0.463 e. The third-order valence-corrected chi connectivity index (χ3v) is 3.13. The van der Waals surface area contributed by atoms with Crippen LogP contribution in [0.15, 0.2) is 29.3 Å². The SMILES string of the molecule is Cc1ccc(N(C[C@H]2COC(N)=N2)C(C)C)cc1. The first kappa shape index (κ1) is 12.7. The van der Waals surface area contributed by atoms with E-state index in [9.17, 15) is 0 Å². The van der Waals surface area contributed by atoms with Crippen molar-refractivity contribution in [3.8, 4) is 0 Å². The van der Waals surface area contributed by atoms with Gasteiger partial charge in [-0.15, -0.1) is 0 Å². The van der Waals surface area contributed by atoms with Gasteiger partial charge in [-0.2, -0.15) is 0 Å². The molecule has 0 bridgehead atoms. The van der Waals surface area contributed by atoms with Gasteiger partial charge in [0.2, 0.25) is 0 Å². The summed E-state index contributed by atoms with van der Waals surface area (Å²) >= 11 is 0. The number of hydrogen-bond donors (Lipinski definition) is 1. The lowest BCUT2D eigenvalue weighted by Crippen LogP contribution is -2.37. The number of nitrogens with zero attached hydrogens (tertiary/aromatic N) is 2. The Kier molecular flexibility index (Phi) is 3.75. The van der Waals surface area contributed by atoms with E-state index in [1.807, 2.05) is 0 Å². The molecule has 1 heterocycles. The van der Waals surface area contributed by atoms with Crippen molar-refractivity contribution in [3.63, 3.8) is 0 Å². The van der Waals surface area contributed by atoms with Gasteiger partial charge in [-0.1, -0.05) is 17.7 Å². The van der Waals surface area contributed by atoms with E-state index in [-0.39, 0.29) is 6.04 Å². The quantitative estimate of drug-likeness (QED) is 0.884. The monoisotopic (exact) mass is 247 g/mol. The van der Waals surface area contributed by atoms with E-state index in [0.29, 0.717) is 18.7 Å². The number of ether oxygens (including phenoxy) is 1. The Hall–Kier alpha value is -1.71. The number of amidine groups is 1. The van der Waals surface area contributed by atoms with Gasteiger partial charge in [0.05, 0.1) is 0 Å². The lowest BCUT2D eigenvalue weighted by atomic mass is 10.1. The van der Waals surface area contributed by atoms with E-state index in [4.69, 9.17) is 10.5 Å². The lowest BCUT2D eigenvalue weighted by Gasteiger charge is -2.30. The highest BCUT2D eigenvalue weighted by Crippen LogP contribution is 2.19. The van der Waals surface area contributed by atoms with Crippen LogP contribution in [0.3, 0.4) is 0 Å². The van der Waals surface area contributed by atoms with Crippen LogP contribution < -0.4 is 10.6 Å². The number of nitrogens with two attached hydrogens (primary N) is 1. The molecule has 1 aromatic carbocycles. The molecule has 1 atom stereocenters. The van der Waals surface area contributed by atoms with Crippen LogP contribution in [0.25, 0.3) is 0 Å². The number of rotatable bonds is 4. The van der Waals surface area contributed by atoms with Crippen LogP contribution in [0, 0.1) is 6.92 Å². The van der Waals surface area contributed by atoms with Crippen LogP contribution in [-0.2, 0) is 4.74 Å². The first-order chi connectivity index (χ1) is 8.56. The molecule has 0 saturated heterocycles. The highest BCUT2D eigenvalue weighted by Gasteiger charge is 2.21. The molecule has 1 aliphatic heterocycles. The van der Waals surface area contributed by atoms with Crippen molar-refractivity contribution in [2.75, 3.05) is 18.1 Å². The molecule has 98 valence electrons. The molecule has 4 nitrogen and oxygen atoms in total. The first-order valence-corrected chi connectivity index (χ1v) is 6.35. The molecular weight excluding hydrogens is 226 g/mol. The van der Waals surface area contributed by atoms with Crippen LogP contribution >= 0.6 is 0 Å². The number of aliphatic imine (C=N–C) groups is 1. The summed E-state index contributed by atoms with van der Waals surface area (Å²) in [6.45, 7) is 7.88. The Morgan fingerprint density at radius 1 is 1.39 bits per heavy atom. The van der Waals surface area contributed by atoms with Gasteiger partial charge in [0, 0.05) is 18.3 Å². The van der Waals surface area contributed by atoms with Crippen molar-refractivity contribution in [1.82, 2.24) is 0 Å². The summed E-state index contributed by atoms with van der Waals surface area (Å²) in [6.07, 6.45) is 0. The van der Waals surface area contributed by atoms with Gasteiger partial charge < -0.3 is 15.4 Å². The summed E-state index contributed by atoms with van der Waals surface area (Å²) in [7, 11) is 0. The number of anilines is 1. The maximum absolute atomic E-state index is 5.54. The predicted molar refractivity (Wildman–Crippen MR) is 75.0 cm³/mol. The topological polar surface area (TPSA) is 50.9 Å². The van der Waals surface area contributed by atoms with Crippen molar-refractivity contribution < 1.29 is 4.74 Å². The summed E-state index contributed by atoms with van der Waals surface area (Å²) in [4.78, 5) is 6.61. The maximum Gasteiger partial charge on any atom is 0.282 e. The molecule has 0 radical (unpaired) electrons. The van der Waals surface area contributed by atoms with Crippen LogP contribution in [0.1, 0.15) is 19.4 Å². The average Bonchev–Trinajstić information content (AvgIpc) is 2.73. The summed E-state index contributed by atoms with van der Waals surface area (Å²) in [5.41, 5.74) is 8.04. The van der Waals surface area contributed by atoms with E-state index in [1.54, 1.807) is 0 Å². The molecular formula is C14H21N3O. The second-order valence-electron chi connectivity index (χ2n) is 5.01. The standard InChI is InChI=1S/C14H21N3O/c1-10(2)17(8-12-9-18-14(15)16-12)13-6-4-11(3)5-7-13/h4-7,10,12H,8-9H2,1-3H3,(H2,15,16)/t12-/m0/s1. The van der Waals surface area contributed by atoms with Crippen molar-refractivity contribution in [3.05, 3.63) is 29.8 Å².